The Morgan fingerprint density at radius 2 is 1.96 bits per heavy atom. The average molecular weight is 328 g/mol. The molecule has 0 bridgehead atoms. The summed E-state index contributed by atoms with van der Waals surface area (Å²) in [6.45, 7) is 3.61. The topological polar surface area (TPSA) is 70.6 Å². The van der Waals surface area contributed by atoms with Crippen LogP contribution >= 0.6 is 0 Å². The number of benzene rings is 2. The summed E-state index contributed by atoms with van der Waals surface area (Å²) in [5.41, 5.74) is 1.94. The number of carbonyl (C=O) groups excluding carboxylic acids is 1. The molecule has 0 aliphatic heterocycles. The molecule has 24 heavy (non-hydrogen) atoms. The van der Waals surface area contributed by atoms with Gasteiger partial charge in [0.25, 0.3) is 0 Å². The molecule has 0 spiro atoms. The number of ether oxygens (including phenoxy) is 1. The zero-order valence-electron chi connectivity index (χ0n) is 14.3. The molecule has 0 saturated carbocycles. The molecule has 0 aromatic heterocycles. The second kappa shape index (κ2) is 7.84. The average Bonchev–Trinajstić information content (AvgIpc) is 2.61. The highest BCUT2D eigenvalue weighted by molar-refractivity contribution is 5.90. The maximum Gasteiger partial charge on any atom is 0.319 e. The molecule has 0 heterocycles. The van der Waals surface area contributed by atoms with E-state index in [2.05, 4.69) is 10.6 Å². The third-order valence-electron chi connectivity index (χ3n) is 4.08. The molecule has 5 heteroatoms. The fourth-order valence-corrected chi connectivity index (χ4v) is 2.32. The van der Waals surface area contributed by atoms with E-state index in [1.165, 1.54) is 0 Å². The van der Waals surface area contributed by atoms with Gasteiger partial charge < -0.3 is 20.5 Å². The fraction of sp³-hybridized carbons (Fsp3) is 0.316. The van der Waals surface area contributed by atoms with Gasteiger partial charge in [-0.2, -0.15) is 0 Å². The lowest BCUT2D eigenvalue weighted by Crippen LogP contribution is -2.50. The molecular weight excluding hydrogens is 304 g/mol. The van der Waals surface area contributed by atoms with Crippen LogP contribution in [0.5, 0.6) is 5.75 Å². The van der Waals surface area contributed by atoms with Crippen LogP contribution in [0.1, 0.15) is 20.3 Å². The summed E-state index contributed by atoms with van der Waals surface area (Å²) in [6, 6.07) is 14.9. The summed E-state index contributed by atoms with van der Waals surface area (Å²) >= 11 is 0. The van der Waals surface area contributed by atoms with Crippen LogP contribution in [0.15, 0.2) is 48.5 Å². The van der Waals surface area contributed by atoms with E-state index in [-0.39, 0.29) is 12.6 Å². The molecule has 3 N–H and O–H groups in total. The van der Waals surface area contributed by atoms with Gasteiger partial charge in [0.05, 0.1) is 19.3 Å². The number of amides is 2. The maximum atomic E-state index is 12.2. The molecule has 2 rings (SSSR count). The van der Waals surface area contributed by atoms with Crippen molar-refractivity contribution in [2.75, 3.05) is 19.0 Å². The van der Waals surface area contributed by atoms with E-state index in [9.17, 15) is 9.90 Å². The first-order valence-corrected chi connectivity index (χ1v) is 7.95. The molecule has 0 saturated heterocycles. The Bertz CT molecular complexity index is 697. The van der Waals surface area contributed by atoms with Crippen molar-refractivity contribution in [1.82, 2.24) is 5.32 Å². The Labute approximate surface area is 142 Å². The number of nitrogens with one attached hydrogen (secondary N) is 2. The van der Waals surface area contributed by atoms with Crippen LogP contribution in [0.2, 0.25) is 0 Å². The molecular formula is C19H24N2O3. The Morgan fingerprint density at radius 1 is 1.21 bits per heavy atom. The van der Waals surface area contributed by atoms with Crippen molar-refractivity contribution in [2.24, 2.45) is 0 Å². The van der Waals surface area contributed by atoms with Gasteiger partial charge in [-0.1, -0.05) is 37.3 Å². The predicted molar refractivity (Wildman–Crippen MR) is 96.4 cm³/mol. The Hall–Kier alpha value is -2.53. The van der Waals surface area contributed by atoms with Crippen molar-refractivity contribution in [1.29, 1.82) is 0 Å². The van der Waals surface area contributed by atoms with Crippen LogP contribution in [-0.2, 0) is 0 Å². The van der Waals surface area contributed by atoms with Crippen molar-refractivity contribution >= 4 is 11.7 Å². The number of rotatable bonds is 6. The summed E-state index contributed by atoms with van der Waals surface area (Å²) in [7, 11) is 1.63. The number of carbonyl (C=O) groups is 1. The quantitative estimate of drug-likeness (QED) is 0.758. The minimum Gasteiger partial charge on any atom is -0.496 e. The number of hydrogen-bond acceptors (Lipinski definition) is 3. The highest BCUT2D eigenvalue weighted by atomic mass is 16.5. The van der Waals surface area contributed by atoms with Crippen molar-refractivity contribution in [3.8, 4) is 16.9 Å². The molecule has 0 aliphatic rings. The molecule has 0 radical (unpaired) electrons. The van der Waals surface area contributed by atoms with Crippen LogP contribution in [0.4, 0.5) is 10.5 Å². The van der Waals surface area contributed by atoms with E-state index in [1.807, 2.05) is 55.5 Å². The molecule has 0 fully saturated rings. The van der Waals surface area contributed by atoms with Gasteiger partial charge in [-0.15, -0.1) is 0 Å². The second-order valence-corrected chi connectivity index (χ2v) is 5.93. The Kier molecular flexibility index (Phi) is 5.82. The summed E-state index contributed by atoms with van der Waals surface area (Å²) < 4.78 is 5.39. The van der Waals surface area contributed by atoms with Crippen LogP contribution in [0, 0.1) is 0 Å². The van der Waals surface area contributed by atoms with E-state index in [4.69, 9.17) is 4.74 Å². The second-order valence-electron chi connectivity index (χ2n) is 5.93. The SMILES string of the molecule is CCC(C)(CO)NC(=O)Nc1cccc(-c2ccccc2OC)c1. The number of aliphatic hydroxyl groups excluding tert-OH is 1. The third-order valence-corrected chi connectivity index (χ3v) is 4.08. The van der Waals surface area contributed by atoms with Crippen molar-refractivity contribution in [2.45, 2.75) is 25.8 Å². The molecule has 1 unspecified atom stereocenters. The first kappa shape index (κ1) is 17.8. The predicted octanol–water partition coefficient (Wildman–Crippen LogP) is 3.64. The first-order chi connectivity index (χ1) is 11.5. The van der Waals surface area contributed by atoms with Gasteiger partial charge in [0, 0.05) is 11.3 Å². The third kappa shape index (κ3) is 4.26. The molecule has 2 aromatic carbocycles. The monoisotopic (exact) mass is 328 g/mol. The largest absolute Gasteiger partial charge is 0.496 e. The number of aliphatic hydroxyl groups is 1. The van der Waals surface area contributed by atoms with E-state index in [0.717, 1.165) is 16.9 Å². The van der Waals surface area contributed by atoms with Crippen LogP contribution < -0.4 is 15.4 Å². The Balaban J connectivity index is 2.18. The van der Waals surface area contributed by atoms with Gasteiger partial charge in [0.15, 0.2) is 0 Å². The number of para-hydroxylation sites is 1. The Morgan fingerprint density at radius 3 is 2.62 bits per heavy atom. The van der Waals surface area contributed by atoms with Crippen LogP contribution in [0.3, 0.4) is 0 Å². The van der Waals surface area contributed by atoms with E-state index in [0.29, 0.717) is 12.1 Å². The zero-order valence-corrected chi connectivity index (χ0v) is 14.3. The van der Waals surface area contributed by atoms with Gasteiger partial charge in [0.1, 0.15) is 5.75 Å². The first-order valence-electron chi connectivity index (χ1n) is 7.95. The van der Waals surface area contributed by atoms with Crippen LogP contribution in [-0.4, -0.2) is 30.4 Å². The van der Waals surface area contributed by atoms with Gasteiger partial charge >= 0.3 is 6.03 Å². The number of anilines is 1. The molecule has 0 aliphatic carbocycles. The van der Waals surface area contributed by atoms with E-state index < -0.39 is 5.54 Å². The van der Waals surface area contributed by atoms with E-state index in [1.54, 1.807) is 14.0 Å². The summed E-state index contributed by atoms with van der Waals surface area (Å²) in [5, 5.41) is 15.0. The van der Waals surface area contributed by atoms with Crippen molar-refractivity contribution in [3.05, 3.63) is 48.5 Å². The summed E-state index contributed by atoms with van der Waals surface area (Å²) in [4.78, 5) is 12.2. The molecule has 1 atom stereocenters. The van der Waals surface area contributed by atoms with Gasteiger partial charge in [-0.3, -0.25) is 0 Å². The number of methoxy groups -OCH3 is 1. The van der Waals surface area contributed by atoms with Crippen molar-refractivity contribution < 1.29 is 14.6 Å². The fourth-order valence-electron chi connectivity index (χ4n) is 2.32. The molecule has 2 amide bonds. The zero-order chi connectivity index (χ0) is 17.6. The van der Waals surface area contributed by atoms with Gasteiger partial charge in [0.2, 0.25) is 0 Å². The van der Waals surface area contributed by atoms with Gasteiger partial charge in [-0.05, 0) is 37.1 Å². The molecule has 128 valence electrons. The summed E-state index contributed by atoms with van der Waals surface area (Å²) in [5.74, 6) is 0.776. The highest BCUT2D eigenvalue weighted by Gasteiger charge is 2.23. The highest BCUT2D eigenvalue weighted by Crippen LogP contribution is 2.30. The smallest absolute Gasteiger partial charge is 0.319 e. The molecule has 2 aromatic rings. The molecule has 5 nitrogen and oxygen atoms in total. The lowest BCUT2D eigenvalue weighted by Gasteiger charge is -2.27. The standard InChI is InChI=1S/C19H24N2O3/c1-4-19(2,13-22)21-18(23)20-15-9-7-8-14(12-15)16-10-5-6-11-17(16)24-3/h5-12,22H,4,13H2,1-3H3,(H2,20,21,23). The normalized spacial score (nSPS) is 13.0. The minimum absolute atomic E-state index is 0.113. The minimum atomic E-state index is -0.635. The number of hydrogen-bond donors (Lipinski definition) is 3. The van der Waals surface area contributed by atoms with Gasteiger partial charge in [-0.25, -0.2) is 4.79 Å². The van der Waals surface area contributed by atoms with Crippen LogP contribution in [0.25, 0.3) is 11.1 Å². The maximum absolute atomic E-state index is 12.2. The summed E-state index contributed by atoms with van der Waals surface area (Å²) in [6.07, 6.45) is 0.637. The lowest BCUT2D eigenvalue weighted by atomic mass is 10.0. The number of urea groups is 1. The lowest BCUT2D eigenvalue weighted by molar-refractivity contribution is 0.172. The van der Waals surface area contributed by atoms with Crippen molar-refractivity contribution in [3.63, 3.8) is 0 Å². The van der Waals surface area contributed by atoms with E-state index >= 15 is 0 Å².